The van der Waals surface area contributed by atoms with Gasteiger partial charge in [0.2, 0.25) is 0 Å². The molecule has 0 radical (unpaired) electrons. The smallest absolute Gasteiger partial charge is 0.183 e. The van der Waals surface area contributed by atoms with Crippen LogP contribution in [0.3, 0.4) is 0 Å². The maximum absolute atomic E-state index is 3.10. The minimum absolute atomic E-state index is 0. The van der Waals surface area contributed by atoms with Crippen LogP contribution in [-0.2, 0) is 54.5 Å². The summed E-state index contributed by atoms with van der Waals surface area (Å²) in [6.45, 7) is 0. The van der Waals surface area contributed by atoms with Crippen molar-refractivity contribution in [3.8, 4) is 0 Å². The van der Waals surface area contributed by atoms with E-state index in [1.54, 1.807) is 0 Å². The number of rotatable bonds is 6. The molecule has 0 aliphatic carbocycles. The summed E-state index contributed by atoms with van der Waals surface area (Å²) in [4.78, 5) is 8.05. The Morgan fingerprint density at radius 3 is 0.718 bits per heavy atom. The van der Waals surface area contributed by atoms with E-state index in [2.05, 4.69) is 158 Å². The van der Waals surface area contributed by atoms with Crippen molar-refractivity contribution in [2.24, 2.45) is 0 Å². The van der Waals surface area contributed by atoms with Gasteiger partial charge in [-0.2, -0.15) is 36.4 Å². The molecule has 0 aliphatic rings. The molecule has 0 aliphatic heterocycles. The van der Waals surface area contributed by atoms with E-state index >= 15 is 0 Å². The van der Waals surface area contributed by atoms with Crippen molar-refractivity contribution in [3.05, 3.63) is 182 Å². The minimum atomic E-state index is -0.0346. The minimum Gasteiger partial charge on any atom is -0.183 e. The molecule has 0 nitrogen and oxygen atoms in total. The van der Waals surface area contributed by atoms with Crippen molar-refractivity contribution in [1.29, 1.82) is 0 Å². The molecule has 0 atom stereocenters. The van der Waals surface area contributed by atoms with Crippen LogP contribution in [-0.4, -0.2) is 0 Å². The molecule has 0 unspecified atom stereocenters. The summed E-state index contributed by atoms with van der Waals surface area (Å²) in [5.41, 5.74) is 0. The van der Waals surface area contributed by atoms with Crippen LogP contribution in [0.4, 0.5) is 0 Å². The molecule has 0 N–H and O–H groups in total. The monoisotopic (exact) mass is 613 g/mol. The van der Waals surface area contributed by atoms with Gasteiger partial charge in [0.15, 0.2) is 19.6 Å². The van der Waals surface area contributed by atoms with Crippen molar-refractivity contribution in [2.75, 3.05) is 0 Å². The van der Waals surface area contributed by atoms with Crippen LogP contribution in [0.5, 0.6) is 0 Å². The van der Waals surface area contributed by atoms with E-state index in [-0.39, 0.29) is 54.5 Å². The van der Waals surface area contributed by atoms with Crippen molar-refractivity contribution in [3.63, 3.8) is 0 Å². The molecule has 184 valence electrons. The van der Waals surface area contributed by atoms with Gasteiger partial charge in [-0.15, -0.1) is 24.3 Å². The van der Waals surface area contributed by atoms with Gasteiger partial charge >= 0.3 is 32.7 Å². The van der Waals surface area contributed by atoms with E-state index in [4.69, 9.17) is 0 Å². The zero-order valence-electron chi connectivity index (χ0n) is 21.6. The van der Waals surface area contributed by atoms with Crippen LogP contribution < -0.4 is 0 Å². The Kier molecular flexibility index (Phi) is 11.7. The summed E-state index contributed by atoms with van der Waals surface area (Å²) in [6.07, 6.45) is 0. The summed E-state index contributed by atoms with van der Waals surface area (Å²) in [6, 6.07) is 65.5. The van der Waals surface area contributed by atoms with Gasteiger partial charge in [-0.3, -0.25) is 0 Å². The predicted octanol–water partition coefficient (Wildman–Crippen LogP) is 9.16. The molecule has 39 heavy (non-hydrogen) atoms. The molecular formula is C36H28S2Y+3. The number of hydrogen-bond donors (Lipinski definition) is 0. The normalized spacial score (nSPS) is 10.3. The number of hydrogen-bond acceptors (Lipinski definition) is 0. The van der Waals surface area contributed by atoms with E-state index in [1.807, 2.05) is 24.3 Å². The summed E-state index contributed by atoms with van der Waals surface area (Å²) >= 11 is 0. The third-order valence-corrected chi connectivity index (χ3v) is 10.2. The molecule has 0 spiro atoms. The van der Waals surface area contributed by atoms with E-state index in [0.717, 1.165) is 0 Å². The van der Waals surface area contributed by atoms with Gasteiger partial charge in [-0.1, -0.05) is 72.8 Å². The van der Waals surface area contributed by atoms with Gasteiger partial charge in [0.25, 0.3) is 0 Å². The van der Waals surface area contributed by atoms with Gasteiger partial charge in [0.05, 0.1) is 31.6 Å². The molecule has 3 heteroatoms. The average Bonchev–Trinajstić information content (AvgIpc) is 3.01. The van der Waals surface area contributed by atoms with Crippen LogP contribution >= 0.6 is 0 Å². The maximum atomic E-state index is 3.10. The molecule has 6 rings (SSSR count). The fourth-order valence-electron chi connectivity index (χ4n) is 4.06. The largest absolute Gasteiger partial charge is 3.00 e. The Bertz CT molecular complexity index is 1170. The molecule has 0 amide bonds. The zero-order valence-corrected chi connectivity index (χ0v) is 26.0. The molecule has 0 bridgehead atoms. The summed E-state index contributed by atoms with van der Waals surface area (Å²) in [5.74, 6) is 0. The molecule has 0 saturated carbocycles. The standard InChI is InChI=1S/2C18H14S.Y/c2*1-4-10-16(11-5-1)19(17-12-6-2-7-13-17)18-14-8-3-9-15-18;/h2*1-2,4-15H;/q;;+3. The summed E-state index contributed by atoms with van der Waals surface area (Å²) in [7, 11) is -0.0693. The van der Waals surface area contributed by atoms with Gasteiger partial charge in [0.1, 0.15) is 0 Å². The van der Waals surface area contributed by atoms with Crippen LogP contribution in [0, 0.1) is 12.1 Å². The van der Waals surface area contributed by atoms with Crippen molar-refractivity contribution in [2.45, 2.75) is 29.4 Å². The summed E-state index contributed by atoms with van der Waals surface area (Å²) < 4.78 is 0. The van der Waals surface area contributed by atoms with Crippen LogP contribution in [0.25, 0.3) is 0 Å². The molecule has 0 heterocycles. The Balaban J connectivity index is 0.000000176. The first-order valence-electron chi connectivity index (χ1n) is 12.5. The first-order chi connectivity index (χ1) is 18.9. The van der Waals surface area contributed by atoms with E-state index in [1.165, 1.54) is 29.4 Å². The third kappa shape index (κ3) is 8.07. The van der Waals surface area contributed by atoms with Crippen LogP contribution in [0.1, 0.15) is 0 Å². The van der Waals surface area contributed by atoms with E-state index < -0.39 is 0 Å². The Labute approximate surface area is 263 Å². The Hall–Kier alpha value is -2.88. The average molecular weight is 614 g/mol. The van der Waals surface area contributed by atoms with Gasteiger partial charge in [-0.25, -0.2) is 0 Å². The topological polar surface area (TPSA) is 0 Å². The Morgan fingerprint density at radius 2 is 0.487 bits per heavy atom. The first kappa shape index (κ1) is 29.1. The van der Waals surface area contributed by atoms with E-state index in [9.17, 15) is 0 Å². The molecule has 6 aromatic carbocycles. The van der Waals surface area contributed by atoms with Crippen LogP contribution in [0.15, 0.2) is 199 Å². The second-order valence-electron chi connectivity index (χ2n) is 8.34. The van der Waals surface area contributed by atoms with Gasteiger partial charge in [0, 0.05) is 0 Å². The second kappa shape index (κ2) is 15.6. The third-order valence-electron chi connectivity index (χ3n) is 5.76. The summed E-state index contributed by atoms with van der Waals surface area (Å²) in [5, 5.41) is 0. The Morgan fingerprint density at radius 1 is 0.282 bits per heavy atom. The van der Waals surface area contributed by atoms with Crippen molar-refractivity contribution in [1.82, 2.24) is 0 Å². The van der Waals surface area contributed by atoms with Gasteiger partial charge < -0.3 is 0 Å². The van der Waals surface area contributed by atoms with Gasteiger partial charge in [-0.05, 0) is 48.5 Å². The van der Waals surface area contributed by atoms with Crippen molar-refractivity contribution >= 4 is 21.8 Å². The van der Waals surface area contributed by atoms with E-state index in [0.29, 0.717) is 0 Å². The molecule has 6 aromatic rings. The first-order valence-corrected chi connectivity index (χ1v) is 15.0. The zero-order chi connectivity index (χ0) is 25.8. The molecular weight excluding hydrogens is 585 g/mol. The second-order valence-corrected chi connectivity index (χ2v) is 12.4. The fraction of sp³-hybridized carbons (Fsp3) is 0. The number of benzene rings is 6. The molecule has 0 aromatic heterocycles. The SMILES string of the molecule is [Y+3].[c-]1ccc([S+](c2ccccc2)c2ccccc2)cc1.[c-]1ccc([S+](c2ccccc2)c2ccccc2)cc1. The molecule has 0 saturated heterocycles. The van der Waals surface area contributed by atoms with Crippen molar-refractivity contribution < 1.29 is 32.7 Å². The quantitative estimate of drug-likeness (QED) is 0.130. The predicted molar refractivity (Wildman–Crippen MR) is 161 cm³/mol. The fourth-order valence-corrected chi connectivity index (χ4v) is 8.22. The molecule has 0 fully saturated rings. The van der Waals surface area contributed by atoms with Crippen LogP contribution in [0.2, 0.25) is 0 Å². The maximum Gasteiger partial charge on any atom is 3.00 e.